The van der Waals surface area contributed by atoms with E-state index in [2.05, 4.69) is 11.4 Å². The van der Waals surface area contributed by atoms with Crippen molar-refractivity contribution in [2.45, 2.75) is 37.1 Å². The van der Waals surface area contributed by atoms with Gasteiger partial charge in [-0.15, -0.1) is 0 Å². The quantitative estimate of drug-likeness (QED) is 0.878. The van der Waals surface area contributed by atoms with Crippen molar-refractivity contribution in [3.8, 4) is 0 Å². The van der Waals surface area contributed by atoms with E-state index in [0.29, 0.717) is 0 Å². The third-order valence-electron chi connectivity index (χ3n) is 4.80. The van der Waals surface area contributed by atoms with Gasteiger partial charge in [-0.2, -0.15) is 4.31 Å². The molecular weight excluding hydrogens is 348 g/mol. The number of carbonyl (C=O) groups excluding carboxylic acids is 1. The number of fused-ring (bicyclic) bond motifs is 1. The standard InChI is InChI=1S/C20H24N2O3S/c1-15-10-12-17(13-11-15)26(24,25)22(2)14-20(23)21-19-9-5-7-16-6-3-4-8-18(16)19/h3-4,6,8,10-13,19H,5,7,9,14H2,1-2H3,(H,21,23). The van der Waals surface area contributed by atoms with Crippen LogP contribution in [0.3, 0.4) is 0 Å². The summed E-state index contributed by atoms with van der Waals surface area (Å²) in [6.45, 7) is 1.70. The van der Waals surface area contributed by atoms with E-state index in [9.17, 15) is 13.2 Å². The zero-order valence-corrected chi connectivity index (χ0v) is 15.9. The lowest BCUT2D eigenvalue weighted by molar-refractivity contribution is -0.122. The molecule has 138 valence electrons. The molecule has 0 saturated heterocycles. The summed E-state index contributed by atoms with van der Waals surface area (Å²) in [7, 11) is -2.25. The van der Waals surface area contributed by atoms with E-state index in [4.69, 9.17) is 0 Å². The van der Waals surface area contributed by atoms with E-state index in [-0.39, 0.29) is 23.4 Å². The summed E-state index contributed by atoms with van der Waals surface area (Å²) in [5.74, 6) is -0.287. The Hall–Kier alpha value is -2.18. The summed E-state index contributed by atoms with van der Waals surface area (Å²) in [4.78, 5) is 12.6. The van der Waals surface area contributed by atoms with Gasteiger partial charge < -0.3 is 5.32 Å². The second kappa shape index (κ2) is 7.60. The number of nitrogens with one attached hydrogen (secondary N) is 1. The molecule has 26 heavy (non-hydrogen) atoms. The van der Waals surface area contributed by atoms with Gasteiger partial charge in [0.15, 0.2) is 0 Å². The number of hydrogen-bond donors (Lipinski definition) is 1. The molecule has 0 radical (unpaired) electrons. The van der Waals surface area contributed by atoms with Crippen molar-refractivity contribution in [2.75, 3.05) is 13.6 Å². The Morgan fingerprint density at radius 1 is 1.15 bits per heavy atom. The molecule has 0 heterocycles. The number of amides is 1. The Kier molecular flexibility index (Phi) is 5.44. The third kappa shape index (κ3) is 3.97. The number of benzene rings is 2. The van der Waals surface area contributed by atoms with E-state index in [1.54, 1.807) is 24.3 Å². The van der Waals surface area contributed by atoms with Gasteiger partial charge in [-0.05, 0) is 49.4 Å². The first kappa shape index (κ1) is 18.6. The van der Waals surface area contributed by atoms with E-state index in [0.717, 1.165) is 34.7 Å². The highest BCUT2D eigenvalue weighted by atomic mass is 32.2. The minimum absolute atomic E-state index is 0.0528. The van der Waals surface area contributed by atoms with Gasteiger partial charge >= 0.3 is 0 Å². The smallest absolute Gasteiger partial charge is 0.243 e. The van der Waals surface area contributed by atoms with Crippen LogP contribution in [0.4, 0.5) is 0 Å². The highest BCUT2D eigenvalue weighted by Crippen LogP contribution is 2.29. The summed E-state index contributed by atoms with van der Waals surface area (Å²) in [5, 5.41) is 2.99. The van der Waals surface area contributed by atoms with E-state index >= 15 is 0 Å². The lowest BCUT2D eigenvalue weighted by Crippen LogP contribution is -2.40. The molecule has 0 saturated carbocycles. The summed E-state index contributed by atoms with van der Waals surface area (Å²) in [6.07, 6.45) is 2.90. The third-order valence-corrected chi connectivity index (χ3v) is 6.62. The fourth-order valence-electron chi connectivity index (χ4n) is 3.32. The topological polar surface area (TPSA) is 66.5 Å². The van der Waals surface area contributed by atoms with Gasteiger partial charge in [0.25, 0.3) is 0 Å². The highest BCUT2D eigenvalue weighted by Gasteiger charge is 2.25. The maximum absolute atomic E-state index is 12.6. The van der Waals surface area contributed by atoms with Gasteiger partial charge in [-0.25, -0.2) is 8.42 Å². The fraction of sp³-hybridized carbons (Fsp3) is 0.350. The molecule has 1 atom stereocenters. The van der Waals surface area contributed by atoms with Crippen LogP contribution in [0.1, 0.15) is 35.6 Å². The Balaban J connectivity index is 1.67. The van der Waals surface area contributed by atoms with E-state index < -0.39 is 10.0 Å². The van der Waals surface area contributed by atoms with Crippen LogP contribution < -0.4 is 5.32 Å². The summed E-state index contributed by atoms with van der Waals surface area (Å²) in [6, 6.07) is 14.7. The van der Waals surface area contributed by atoms with Crippen molar-refractivity contribution in [1.82, 2.24) is 9.62 Å². The lowest BCUT2D eigenvalue weighted by atomic mass is 9.88. The van der Waals surface area contributed by atoms with Crippen LogP contribution in [0.5, 0.6) is 0 Å². The monoisotopic (exact) mass is 372 g/mol. The maximum Gasteiger partial charge on any atom is 0.243 e. The molecule has 1 aliphatic rings. The maximum atomic E-state index is 12.6. The summed E-state index contributed by atoms with van der Waals surface area (Å²) < 4.78 is 26.3. The van der Waals surface area contributed by atoms with Crippen LogP contribution >= 0.6 is 0 Å². The summed E-state index contributed by atoms with van der Waals surface area (Å²) in [5.41, 5.74) is 3.38. The predicted molar refractivity (Wildman–Crippen MR) is 101 cm³/mol. The molecule has 0 aliphatic heterocycles. The molecular formula is C20H24N2O3S. The largest absolute Gasteiger partial charge is 0.348 e. The second-order valence-electron chi connectivity index (χ2n) is 6.79. The molecule has 0 spiro atoms. The second-order valence-corrected chi connectivity index (χ2v) is 8.83. The molecule has 2 aromatic carbocycles. The Bertz CT molecular complexity index is 892. The first-order chi connectivity index (χ1) is 12.4. The number of hydrogen-bond acceptors (Lipinski definition) is 3. The Morgan fingerprint density at radius 3 is 2.58 bits per heavy atom. The SMILES string of the molecule is Cc1ccc(S(=O)(=O)N(C)CC(=O)NC2CCCc3ccccc32)cc1. The number of nitrogens with zero attached hydrogens (tertiary/aromatic N) is 1. The zero-order valence-electron chi connectivity index (χ0n) is 15.1. The molecule has 1 aliphatic carbocycles. The molecule has 1 amide bonds. The van der Waals surface area contributed by atoms with Crippen molar-refractivity contribution >= 4 is 15.9 Å². The van der Waals surface area contributed by atoms with Crippen LogP contribution in [0.25, 0.3) is 0 Å². The van der Waals surface area contributed by atoms with Crippen LogP contribution in [-0.2, 0) is 21.2 Å². The van der Waals surface area contributed by atoms with Gasteiger partial charge in [0, 0.05) is 7.05 Å². The first-order valence-electron chi connectivity index (χ1n) is 8.78. The Morgan fingerprint density at radius 2 is 1.85 bits per heavy atom. The summed E-state index contributed by atoms with van der Waals surface area (Å²) >= 11 is 0. The number of sulfonamides is 1. The van der Waals surface area contributed by atoms with Crippen molar-refractivity contribution in [3.05, 3.63) is 65.2 Å². The molecule has 6 heteroatoms. The van der Waals surface area contributed by atoms with Crippen molar-refractivity contribution in [2.24, 2.45) is 0 Å². The lowest BCUT2D eigenvalue weighted by Gasteiger charge is -2.27. The average molecular weight is 372 g/mol. The number of likely N-dealkylation sites (N-methyl/N-ethyl adjacent to an activating group) is 1. The molecule has 0 fully saturated rings. The van der Waals surface area contributed by atoms with Gasteiger partial charge in [0.1, 0.15) is 0 Å². The number of carbonyl (C=O) groups is 1. The minimum Gasteiger partial charge on any atom is -0.348 e. The molecule has 3 rings (SSSR count). The molecule has 1 unspecified atom stereocenters. The Labute approximate surface area is 155 Å². The van der Waals surface area contributed by atoms with Gasteiger partial charge in [-0.3, -0.25) is 4.79 Å². The van der Waals surface area contributed by atoms with Gasteiger partial charge in [-0.1, -0.05) is 42.0 Å². The normalized spacial score (nSPS) is 17.0. The molecule has 0 bridgehead atoms. The molecule has 0 aromatic heterocycles. The highest BCUT2D eigenvalue weighted by molar-refractivity contribution is 7.89. The van der Waals surface area contributed by atoms with Crippen LogP contribution in [0, 0.1) is 6.92 Å². The molecule has 2 aromatic rings. The van der Waals surface area contributed by atoms with Gasteiger partial charge in [0.05, 0.1) is 17.5 Å². The van der Waals surface area contributed by atoms with Crippen LogP contribution in [0.2, 0.25) is 0 Å². The molecule has 1 N–H and O–H groups in total. The minimum atomic E-state index is -3.68. The van der Waals surface area contributed by atoms with E-state index in [1.165, 1.54) is 12.6 Å². The number of aryl methyl sites for hydroxylation is 2. The fourth-order valence-corrected chi connectivity index (χ4v) is 4.45. The van der Waals surface area contributed by atoms with Crippen molar-refractivity contribution in [3.63, 3.8) is 0 Å². The van der Waals surface area contributed by atoms with Crippen LogP contribution in [-0.4, -0.2) is 32.2 Å². The van der Waals surface area contributed by atoms with Crippen molar-refractivity contribution < 1.29 is 13.2 Å². The van der Waals surface area contributed by atoms with Crippen molar-refractivity contribution in [1.29, 1.82) is 0 Å². The number of rotatable bonds is 5. The predicted octanol–water partition coefficient (Wildman–Crippen LogP) is 2.81. The molecule has 5 nitrogen and oxygen atoms in total. The zero-order chi connectivity index (χ0) is 18.7. The first-order valence-corrected chi connectivity index (χ1v) is 10.2. The van der Waals surface area contributed by atoms with Gasteiger partial charge in [0.2, 0.25) is 15.9 Å². The van der Waals surface area contributed by atoms with Crippen LogP contribution in [0.15, 0.2) is 53.4 Å². The average Bonchev–Trinajstić information content (AvgIpc) is 2.62. The van der Waals surface area contributed by atoms with E-state index in [1.807, 2.05) is 25.1 Å².